The molecule has 3 rings (SSSR count). The molecule has 0 unspecified atom stereocenters. The first-order valence-electron chi connectivity index (χ1n) is 7.05. The Morgan fingerprint density at radius 1 is 1.30 bits per heavy atom. The summed E-state index contributed by atoms with van der Waals surface area (Å²) in [5.41, 5.74) is 0.886. The predicted octanol–water partition coefficient (Wildman–Crippen LogP) is 2.14. The molecule has 3 heterocycles. The van der Waals surface area contributed by atoms with Crippen LogP contribution in [0.3, 0.4) is 0 Å². The van der Waals surface area contributed by atoms with E-state index >= 15 is 0 Å². The van der Waals surface area contributed by atoms with Crippen molar-refractivity contribution in [3.8, 4) is 11.5 Å². The molecular weight excluding hydrogens is 254 g/mol. The van der Waals surface area contributed by atoms with E-state index in [0.717, 1.165) is 37.5 Å². The molecule has 20 heavy (non-hydrogen) atoms. The lowest BCUT2D eigenvalue weighted by Crippen LogP contribution is -2.16. The highest BCUT2D eigenvalue weighted by Crippen LogP contribution is 2.14. The van der Waals surface area contributed by atoms with E-state index in [-0.39, 0.29) is 6.10 Å². The average molecular weight is 273 g/mol. The van der Waals surface area contributed by atoms with Gasteiger partial charge in [-0.15, -0.1) is 0 Å². The number of hydrogen-bond donors (Lipinski definition) is 0. The monoisotopic (exact) mass is 273 g/mol. The largest absolute Gasteiger partial charge is 0.377 e. The molecule has 106 valence electrons. The van der Waals surface area contributed by atoms with Crippen LogP contribution in [0, 0.1) is 0 Å². The van der Waals surface area contributed by atoms with E-state index in [1.807, 2.05) is 24.4 Å². The average Bonchev–Trinajstić information content (AvgIpc) is 3.16. The van der Waals surface area contributed by atoms with Crippen molar-refractivity contribution in [3.05, 3.63) is 36.8 Å². The van der Waals surface area contributed by atoms with E-state index < -0.39 is 0 Å². The molecule has 0 aliphatic carbocycles. The number of rotatable bonds is 6. The number of nitrogens with zero attached hydrogens (tertiary/aromatic N) is 3. The summed E-state index contributed by atoms with van der Waals surface area (Å²) in [7, 11) is 0. The minimum atomic E-state index is 0.285. The zero-order chi connectivity index (χ0) is 13.6. The van der Waals surface area contributed by atoms with E-state index in [9.17, 15) is 0 Å². The molecular formula is C15H19N3O2. The zero-order valence-corrected chi connectivity index (χ0v) is 11.4. The summed E-state index contributed by atoms with van der Waals surface area (Å²) in [6.45, 7) is 3.00. The van der Waals surface area contributed by atoms with Crippen LogP contribution in [0.4, 0.5) is 0 Å². The third-order valence-electron chi connectivity index (χ3n) is 3.41. The quantitative estimate of drug-likeness (QED) is 0.757. The van der Waals surface area contributed by atoms with Crippen molar-refractivity contribution in [1.82, 2.24) is 14.5 Å². The molecule has 0 radical (unpaired) electrons. The van der Waals surface area contributed by atoms with Gasteiger partial charge in [0, 0.05) is 31.7 Å². The highest BCUT2D eigenvalue weighted by atomic mass is 16.5. The van der Waals surface area contributed by atoms with Crippen molar-refractivity contribution in [2.45, 2.75) is 25.5 Å². The van der Waals surface area contributed by atoms with Gasteiger partial charge in [0.15, 0.2) is 5.82 Å². The molecule has 1 fully saturated rings. The standard InChI is InChI=1S/C15H19N3O2/c1-2-6-16-14(5-1)15-17-7-8-18(15)9-11-19-12-13-4-3-10-20-13/h1-2,5-8,13H,3-4,9-12H2/t13-/m1/s1. The van der Waals surface area contributed by atoms with Gasteiger partial charge in [-0.05, 0) is 25.0 Å². The molecule has 2 aromatic heterocycles. The maximum Gasteiger partial charge on any atom is 0.158 e. The Morgan fingerprint density at radius 2 is 2.30 bits per heavy atom. The van der Waals surface area contributed by atoms with Crippen molar-refractivity contribution in [2.75, 3.05) is 19.8 Å². The van der Waals surface area contributed by atoms with Crippen LogP contribution < -0.4 is 0 Å². The second-order valence-electron chi connectivity index (χ2n) is 4.87. The Balaban J connectivity index is 1.52. The predicted molar refractivity (Wildman–Crippen MR) is 75.3 cm³/mol. The van der Waals surface area contributed by atoms with Gasteiger partial charge in [0.05, 0.1) is 19.3 Å². The van der Waals surface area contributed by atoms with Gasteiger partial charge in [0.1, 0.15) is 5.69 Å². The highest BCUT2D eigenvalue weighted by molar-refractivity contribution is 5.48. The van der Waals surface area contributed by atoms with E-state index in [1.54, 1.807) is 12.4 Å². The third-order valence-corrected chi connectivity index (χ3v) is 3.41. The topological polar surface area (TPSA) is 49.2 Å². The van der Waals surface area contributed by atoms with Crippen molar-refractivity contribution < 1.29 is 9.47 Å². The molecule has 5 heteroatoms. The Labute approximate surface area is 118 Å². The summed E-state index contributed by atoms with van der Waals surface area (Å²) in [5, 5.41) is 0. The van der Waals surface area contributed by atoms with Crippen LogP contribution >= 0.6 is 0 Å². The van der Waals surface area contributed by atoms with Gasteiger partial charge < -0.3 is 14.0 Å². The minimum absolute atomic E-state index is 0.285. The lowest BCUT2D eigenvalue weighted by atomic mass is 10.2. The Morgan fingerprint density at radius 3 is 3.10 bits per heavy atom. The lowest BCUT2D eigenvalue weighted by molar-refractivity contribution is 0.0149. The normalized spacial score (nSPS) is 18.5. The number of aromatic nitrogens is 3. The first-order chi connectivity index (χ1) is 9.93. The summed E-state index contributed by atoms with van der Waals surface area (Å²) in [5.74, 6) is 0.881. The highest BCUT2D eigenvalue weighted by Gasteiger charge is 2.15. The molecule has 1 aliphatic rings. The van der Waals surface area contributed by atoms with Crippen molar-refractivity contribution in [3.63, 3.8) is 0 Å². The van der Waals surface area contributed by atoms with Crippen LogP contribution in [0.1, 0.15) is 12.8 Å². The van der Waals surface area contributed by atoms with Crippen LogP contribution in [0.15, 0.2) is 36.8 Å². The van der Waals surface area contributed by atoms with E-state index in [2.05, 4.69) is 14.5 Å². The summed E-state index contributed by atoms with van der Waals surface area (Å²) < 4.78 is 13.3. The van der Waals surface area contributed by atoms with E-state index in [4.69, 9.17) is 9.47 Å². The minimum Gasteiger partial charge on any atom is -0.377 e. The first-order valence-corrected chi connectivity index (χ1v) is 7.05. The first kappa shape index (κ1) is 13.3. The van der Waals surface area contributed by atoms with Crippen LogP contribution in [-0.4, -0.2) is 40.5 Å². The Bertz CT molecular complexity index is 521. The number of pyridine rings is 1. The second kappa shape index (κ2) is 6.63. The summed E-state index contributed by atoms with van der Waals surface area (Å²) in [6, 6.07) is 5.84. The zero-order valence-electron chi connectivity index (χ0n) is 11.4. The molecule has 2 aromatic rings. The van der Waals surface area contributed by atoms with Gasteiger partial charge in [-0.3, -0.25) is 4.98 Å². The molecule has 1 saturated heterocycles. The number of ether oxygens (including phenoxy) is 2. The Hall–Kier alpha value is -1.72. The molecule has 0 amide bonds. The van der Waals surface area contributed by atoms with E-state index in [1.165, 1.54) is 0 Å². The number of imidazole rings is 1. The van der Waals surface area contributed by atoms with Crippen molar-refractivity contribution >= 4 is 0 Å². The molecule has 5 nitrogen and oxygen atoms in total. The summed E-state index contributed by atoms with van der Waals surface area (Å²) in [4.78, 5) is 8.69. The van der Waals surface area contributed by atoms with Crippen LogP contribution in [0.5, 0.6) is 0 Å². The van der Waals surface area contributed by atoms with Crippen LogP contribution in [0.25, 0.3) is 11.5 Å². The molecule has 0 spiro atoms. The summed E-state index contributed by atoms with van der Waals surface area (Å²) in [6.07, 6.45) is 8.09. The maximum atomic E-state index is 5.69. The SMILES string of the molecule is c1ccc(-c2nccn2CCOC[C@H]2CCCO2)nc1. The fourth-order valence-electron chi connectivity index (χ4n) is 2.37. The molecule has 0 aromatic carbocycles. The fraction of sp³-hybridized carbons (Fsp3) is 0.467. The number of hydrogen-bond acceptors (Lipinski definition) is 4. The Kier molecular flexibility index (Phi) is 4.40. The van der Waals surface area contributed by atoms with Gasteiger partial charge in [0.2, 0.25) is 0 Å². The van der Waals surface area contributed by atoms with Gasteiger partial charge in [-0.2, -0.15) is 0 Å². The lowest BCUT2D eigenvalue weighted by Gasteiger charge is -2.11. The molecule has 1 aliphatic heterocycles. The van der Waals surface area contributed by atoms with E-state index in [0.29, 0.717) is 13.2 Å². The van der Waals surface area contributed by atoms with Gasteiger partial charge in [-0.25, -0.2) is 4.98 Å². The maximum absolute atomic E-state index is 5.69. The summed E-state index contributed by atoms with van der Waals surface area (Å²) >= 11 is 0. The van der Waals surface area contributed by atoms with Gasteiger partial charge in [-0.1, -0.05) is 6.07 Å². The smallest absolute Gasteiger partial charge is 0.158 e. The third kappa shape index (κ3) is 3.23. The molecule has 0 saturated carbocycles. The van der Waals surface area contributed by atoms with Crippen LogP contribution in [0.2, 0.25) is 0 Å². The molecule has 0 bridgehead atoms. The van der Waals surface area contributed by atoms with Crippen molar-refractivity contribution in [1.29, 1.82) is 0 Å². The van der Waals surface area contributed by atoms with Crippen molar-refractivity contribution in [2.24, 2.45) is 0 Å². The fourth-order valence-corrected chi connectivity index (χ4v) is 2.37. The van der Waals surface area contributed by atoms with Crippen LogP contribution in [-0.2, 0) is 16.0 Å². The second-order valence-corrected chi connectivity index (χ2v) is 4.87. The molecule has 1 atom stereocenters. The molecule has 0 N–H and O–H groups in total. The van der Waals surface area contributed by atoms with Gasteiger partial charge >= 0.3 is 0 Å². The van der Waals surface area contributed by atoms with Gasteiger partial charge in [0.25, 0.3) is 0 Å².